The van der Waals surface area contributed by atoms with Crippen LogP contribution in [0.3, 0.4) is 0 Å². The quantitative estimate of drug-likeness (QED) is 0.792. The zero-order chi connectivity index (χ0) is 10.8. The molecule has 1 saturated carbocycles. The van der Waals surface area contributed by atoms with Gasteiger partial charge in [0.1, 0.15) is 0 Å². The Morgan fingerprint density at radius 2 is 1.80 bits per heavy atom. The maximum absolute atomic E-state index is 3.70. The summed E-state index contributed by atoms with van der Waals surface area (Å²) < 4.78 is 0. The highest BCUT2D eigenvalue weighted by Crippen LogP contribution is 2.41. The molecule has 0 heterocycles. The van der Waals surface area contributed by atoms with Crippen molar-refractivity contribution in [2.24, 2.45) is 5.92 Å². The standard InChI is InChI=1S/C14H21N/c1-10(2)11(3)15-14-9-13(14)12-7-5-4-6-8-12/h4-8,10-11,13-15H,9H2,1-3H3. The SMILES string of the molecule is CC(C)C(C)NC1CC1c1ccccc1. The van der Waals surface area contributed by atoms with E-state index in [2.05, 4.69) is 56.4 Å². The van der Waals surface area contributed by atoms with Crippen molar-refractivity contribution < 1.29 is 0 Å². The molecule has 2 rings (SSSR count). The summed E-state index contributed by atoms with van der Waals surface area (Å²) in [4.78, 5) is 0. The predicted octanol–water partition coefficient (Wildman–Crippen LogP) is 3.18. The van der Waals surface area contributed by atoms with E-state index in [9.17, 15) is 0 Å². The van der Waals surface area contributed by atoms with E-state index in [-0.39, 0.29) is 0 Å². The highest BCUT2D eigenvalue weighted by Gasteiger charge is 2.38. The van der Waals surface area contributed by atoms with Crippen molar-refractivity contribution in [1.82, 2.24) is 5.32 Å². The summed E-state index contributed by atoms with van der Waals surface area (Å²) in [5.41, 5.74) is 1.49. The first-order chi connectivity index (χ1) is 7.18. The molecule has 0 amide bonds. The van der Waals surface area contributed by atoms with Gasteiger partial charge in [0.25, 0.3) is 0 Å². The Kier molecular flexibility index (Phi) is 3.11. The predicted molar refractivity (Wildman–Crippen MR) is 65.0 cm³/mol. The molecule has 0 aromatic heterocycles. The van der Waals surface area contributed by atoms with Gasteiger partial charge in [0, 0.05) is 18.0 Å². The van der Waals surface area contributed by atoms with Gasteiger partial charge in [0.15, 0.2) is 0 Å². The normalized spacial score (nSPS) is 26.7. The van der Waals surface area contributed by atoms with Crippen LogP contribution in [0.25, 0.3) is 0 Å². The van der Waals surface area contributed by atoms with E-state index in [0.29, 0.717) is 12.1 Å². The van der Waals surface area contributed by atoms with Gasteiger partial charge in [-0.15, -0.1) is 0 Å². The molecule has 1 heteroatoms. The van der Waals surface area contributed by atoms with E-state index in [1.165, 1.54) is 12.0 Å². The summed E-state index contributed by atoms with van der Waals surface area (Å²) >= 11 is 0. The minimum absolute atomic E-state index is 0.628. The number of hydrogen-bond acceptors (Lipinski definition) is 1. The minimum Gasteiger partial charge on any atom is -0.311 e. The van der Waals surface area contributed by atoms with E-state index in [1.807, 2.05) is 0 Å². The molecule has 1 nitrogen and oxygen atoms in total. The van der Waals surface area contributed by atoms with Crippen LogP contribution >= 0.6 is 0 Å². The number of nitrogens with one attached hydrogen (secondary N) is 1. The van der Waals surface area contributed by atoms with Crippen molar-refractivity contribution in [2.45, 2.75) is 45.2 Å². The van der Waals surface area contributed by atoms with Crippen LogP contribution in [-0.2, 0) is 0 Å². The molecule has 3 unspecified atom stereocenters. The molecule has 1 aliphatic carbocycles. The Balaban J connectivity index is 1.87. The zero-order valence-corrected chi connectivity index (χ0v) is 9.90. The maximum Gasteiger partial charge on any atom is 0.0145 e. The average Bonchev–Trinajstić information content (AvgIpc) is 2.98. The fourth-order valence-electron chi connectivity index (χ4n) is 1.98. The van der Waals surface area contributed by atoms with Gasteiger partial charge in [0.2, 0.25) is 0 Å². The van der Waals surface area contributed by atoms with Gasteiger partial charge in [-0.25, -0.2) is 0 Å². The Morgan fingerprint density at radius 3 is 2.40 bits per heavy atom. The van der Waals surface area contributed by atoms with Crippen LogP contribution in [0.1, 0.15) is 38.7 Å². The van der Waals surface area contributed by atoms with E-state index < -0.39 is 0 Å². The molecule has 1 aliphatic rings. The molecule has 0 aliphatic heterocycles. The Labute approximate surface area is 92.9 Å². The summed E-state index contributed by atoms with van der Waals surface area (Å²) in [6.07, 6.45) is 1.31. The largest absolute Gasteiger partial charge is 0.311 e. The van der Waals surface area contributed by atoms with Gasteiger partial charge in [0.05, 0.1) is 0 Å². The second-order valence-corrected chi connectivity index (χ2v) is 5.06. The fraction of sp³-hybridized carbons (Fsp3) is 0.571. The molecule has 1 aromatic rings. The van der Waals surface area contributed by atoms with Gasteiger partial charge < -0.3 is 5.32 Å². The minimum atomic E-state index is 0.628. The topological polar surface area (TPSA) is 12.0 Å². The van der Waals surface area contributed by atoms with Crippen molar-refractivity contribution in [3.05, 3.63) is 35.9 Å². The molecule has 3 atom stereocenters. The first-order valence-corrected chi connectivity index (χ1v) is 5.99. The van der Waals surface area contributed by atoms with Crippen LogP contribution in [-0.4, -0.2) is 12.1 Å². The molecule has 0 radical (unpaired) electrons. The van der Waals surface area contributed by atoms with Crippen LogP contribution in [0.4, 0.5) is 0 Å². The Hall–Kier alpha value is -0.820. The Bertz CT molecular complexity index is 304. The third kappa shape index (κ3) is 2.60. The molecule has 1 fully saturated rings. The molecule has 0 bridgehead atoms. The number of hydrogen-bond donors (Lipinski definition) is 1. The van der Waals surface area contributed by atoms with Crippen LogP contribution in [0, 0.1) is 5.92 Å². The van der Waals surface area contributed by atoms with Crippen molar-refractivity contribution in [3.63, 3.8) is 0 Å². The molecule has 15 heavy (non-hydrogen) atoms. The molecule has 0 spiro atoms. The van der Waals surface area contributed by atoms with Gasteiger partial charge in [-0.1, -0.05) is 44.2 Å². The van der Waals surface area contributed by atoms with Crippen LogP contribution in [0.15, 0.2) is 30.3 Å². The van der Waals surface area contributed by atoms with E-state index in [0.717, 1.165) is 11.8 Å². The lowest BCUT2D eigenvalue weighted by molar-refractivity contribution is 0.421. The second-order valence-electron chi connectivity index (χ2n) is 5.06. The second kappa shape index (κ2) is 4.36. The zero-order valence-electron chi connectivity index (χ0n) is 9.90. The lowest BCUT2D eigenvalue weighted by Crippen LogP contribution is -2.33. The van der Waals surface area contributed by atoms with E-state index in [1.54, 1.807) is 0 Å². The summed E-state index contributed by atoms with van der Waals surface area (Å²) in [6, 6.07) is 12.2. The first kappa shape index (κ1) is 10.7. The molecular formula is C14H21N. The summed E-state index contributed by atoms with van der Waals surface area (Å²) in [7, 11) is 0. The fourth-order valence-corrected chi connectivity index (χ4v) is 1.98. The van der Waals surface area contributed by atoms with Crippen LogP contribution in [0.2, 0.25) is 0 Å². The van der Waals surface area contributed by atoms with Gasteiger partial charge in [-0.05, 0) is 24.8 Å². The molecule has 82 valence electrons. The summed E-state index contributed by atoms with van der Waals surface area (Å²) in [6.45, 7) is 6.83. The van der Waals surface area contributed by atoms with Gasteiger partial charge in [-0.2, -0.15) is 0 Å². The monoisotopic (exact) mass is 203 g/mol. The lowest BCUT2D eigenvalue weighted by Gasteiger charge is -2.17. The van der Waals surface area contributed by atoms with Crippen molar-refractivity contribution in [3.8, 4) is 0 Å². The lowest BCUT2D eigenvalue weighted by atomic mass is 10.1. The van der Waals surface area contributed by atoms with Crippen molar-refractivity contribution >= 4 is 0 Å². The molecular weight excluding hydrogens is 182 g/mol. The summed E-state index contributed by atoms with van der Waals surface area (Å²) in [5, 5.41) is 3.70. The van der Waals surface area contributed by atoms with E-state index in [4.69, 9.17) is 0 Å². The van der Waals surface area contributed by atoms with Crippen LogP contribution < -0.4 is 5.32 Å². The van der Waals surface area contributed by atoms with Gasteiger partial charge >= 0.3 is 0 Å². The molecule has 0 saturated heterocycles. The maximum atomic E-state index is 3.70. The molecule has 1 N–H and O–H groups in total. The summed E-state index contributed by atoms with van der Waals surface area (Å²) in [5.74, 6) is 1.48. The number of rotatable bonds is 4. The highest BCUT2D eigenvalue weighted by molar-refractivity contribution is 5.27. The van der Waals surface area contributed by atoms with Crippen molar-refractivity contribution in [1.29, 1.82) is 0 Å². The average molecular weight is 203 g/mol. The number of benzene rings is 1. The van der Waals surface area contributed by atoms with Crippen LogP contribution in [0.5, 0.6) is 0 Å². The Morgan fingerprint density at radius 1 is 1.13 bits per heavy atom. The van der Waals surface area contributed by atoms with Gasteiger partial charge in [-0.3, -0.25) is 0 Å². The third-order valence-electron chi connectivity index (χ3n) is 3.50. The molecule has 1 aromatic carbocycles. The van der Waals surface area contributed by atoms with Crippen molar-refractivity contribution in [2.75, 3.05) is 0 Å². The first-order valence-electron chi connectivity index (χ1n) is 5.99. The third-order valence-corrected chi connectivity index (χ3v) is 3.50. The highest BCUT2D eigenvalue weighted by atomic mass is 15.0. The smallest absolute Gasteiger partial charge is 0.0145 e. The van der Waals surface area contributed by atoms with E-state index >= 15 is 0 Å².